The zero-order chi connectivity index (χ0) is 20.8. The Balaban J connectivity index is 1.57. The normalized spacial score (nSPS) is 15.7. The van der Waals surface area contributed by atoms with Crippen LogP contribution < -0.4 is 10.2 Å². The summed E-state index contributed by atoms with van der Waals surface area (Å²) in [6, 6.07) is 16.1. The second-order valence-corrected chi connectivity index (χ2v) is 6.70. The van der Waals surface area contributed by atoms with Gasteiger partial charge in [0, 0.05) is 18.7 Å². The average Bonchev–Trinajstić information content (AvgIpc) is 3.13. The van der Waals surface area contributed by atoms with E-state index in [1.807, 2.05) is 37.3 Å². The van der Waals surface area contributed by atoms with Gasteiger partial charge in [0.25, 0.3) is 5.91 Å². The molecule has 29 heavy (non-hydrogen) atoms. The molecule has 2 aromatic carbocycles. The van der Waals surface area contributed by atoms with E-state index in [2.05, 4.69) is 5.32 Å². The molecule has 1 fully saturated rings. The lowest BCUT2D eigenvalue weighted by atomic mass is 10.1. The van der Waals surface area contributed by atoms with E-state index in [-0.39, 0.29) is 18.9 Å². The summed E-state index contributed by atoms with van der Waals surface area (Å²) in [6.45, 7) is 1.76. The van der Waals surface area contributed by atoms with Crippen molar-refractivity contribution in [3.63, 3.8) is 0 Å². The van der Waals surface area contributed by atoms with Crippen molar-refractivity contribution in [1.29, 1.82) is 5.26 Å². The fraction of sp³-hybridized carbons (Fsp3) is 0.273. The van der Waals surface area contributed by atoms with Crippen molar-refractivity contribution in [3.05, 3.63) is 59.7 Å². The highest BCUT2D eigenvalue weighted by molar-refractivity contribution is 6.00. The van der Waals surface area contributed by atoms with Gasteiger partial charge in [0.1, 0.15) is 6.07 Å². The van der Waals surface area contributed by atoms with Gasteiger partial charge in [-0.1, -0.05) is 37.3 Å². The van der Waals surface area contributed by atoms with Crippen LogP contribution in [-0.2, 0) is 25.5 Å². The first kappa shape index (κ1) is 20.1. The molecule has 148 valence electrons. The smallest absolute Gasteiger partial charge is 0.311 e. The number of nitriles is 1. The Kier molecular flexibility index (Phi) is 6.25. The number of hydrogen-bond donors (Lipinski definition) is 1. The molecule has 0 radical (unpaired) electrons. The van der Waals surface area contributed by atoms with Crippen LogP contribution in [0.25, 0.3) is 0 Å². The number of nitrogens with zero attached hydrogens (tertiary/aromatic N) is 2. The number of esters is 1. The minimum absolute atomic E-state index is 0.0514. The summed E-state index contributed by atoms with van der Waals surface area (Å²) < 4.78 is 5.11. The van der Waals surface area contributed by atoms with Crippen LogP contribution in [0.2, 0.25) is 0 Å². The topological polar surface area (TPSA) is 99.5 Å². The summed E-state index contributed by atoms with van der Waals surface area (Å²) in [5.41, 5.74) is 2.51. The Labute approximate surface area is 168 Å². The largest absolute Gasteiger partial charge is 0.455 e. The number of nitrogens with one attached hydrogen (secondary N) is 1. The Morgan fingerprint density at radius 3 is 2.69 bits per heavy atom. The molecule has 7 heteroatoms. The van der Waals surface area contributed by atoms with Gasteiger partial charge in [0.15, 0.2) is 6.61 Å². The molecule has 2 amide bonds. The number of benzene rings is 2. The van der Waals surface area contributed by atoms with Gasteiger partial charge in [-0.25, -0.2) is 0 Å². The third-order valence-corrected chi connectivity index (χ3v) is 4.79. The molecule has 1 heterocycles. The first-order valence-electron chi connectivity index (χ1n) is 9.37. The fourth-order valence-electron chi connectivity index (χ4n) is 3.30. The molecular weight excluding hydrogens is 370 g/mol. The summed E-state index contributed by atoms with van der Waals surface area (Å²) in [6.07, 6.45) is 0.829. The molecule has 1 N–H and O–H groups in total. The zero-order valence-electron chi connectivity index (χ0n) is 16.1. The van der Waals surface area contributed by atoms with Gasteiger partial charge < -0.3 is 15.0 Å². The van der Waals surface area contributed by atoms with Gasteiger partial charge in [-0.15, -0.1) is 0 Å². The molecule has 0 aliphatic carbocycles. The predicted molar refractivity (Wildman–Crippen MR) is 107 cm³/mol. The second-order valence-electron chi connectivity index (χ2n) is 6.70. The lowest BCUT2D eigenvalue weighted by Gasteiger charge is -2.19. The van der Waals surface area contributed by atoms with E-state index in [1.54, 1.807) is 29.2 Å². The molecule has 0 spiro atoms. The highest BCUT2D eigenvalue weighted by atomic mass is 16.5. The standard InChI is InChI=1S/C22H21N3O4/c1-2-15-7-4-6-10-19(15)25-13-17(11-21(25)27)22(28)29-14-20(26)24-18-9-5-3-8-16(18)12-23/h3-10,17H,2,11,13-14H2,1H3,(H,24,26)/t17-/m0/s1. The molecule has 1 saturated heterocycles. The van der Waals surface area contributed by atoms with E-state index in [4.69, 9.17) is 10.00 Å². The summed E-state index contributed by atoms with van der Waals surface area (Å²) >= 11 is 0. The van der Waals surface area contributed by atoms with Crippen molar-refractivity contribution in [1.82, 2.24) is 0 Å². The quantitative estimate of drug-likeness (QED) is 0.763. The van der Waals surface area contributed by atoms with E-state index in [0.717, 1.165) is 17.7 Å². The molecule has 2 aromatic rings. The van der Waals surface area contributed by atoms with Gasteiger partial charge in [0.2, 0.25) is 5.91 Å². The number of aryl methyl sites for hydroxylation is 1. The molecule has 1 aliphatic rings. The average molecular weight is 391 g/mol. The Hall–Kier alpha value is -3.66. The molecule has 1 aliphatic heterocycles. The van der Waals surface area contributed by atoms with Crippen molar-refractivity contribution in [3.8, 4) is 6.07 Å². The number of para-hydroxylation sites is 2. The van der Waals surface area contributed by atoms with Crippen LogP contribution >= 0.6 is 0 Å². The molecule has 0 saturated carbocycles. The summed E-state index contributed by atoms with van der Waals surface area (Å²) in [4.78, 5) is 38.4. The fourth-order valence-corrected chi connectivity index (χ4v) is 3.30. The maximum Gasteiger partial charge on any atom is 0.311 e. The van der Waals surface area contributed by atoms with Gasteiger partial charge in [-0.3, -0.25) is 14.4 Å². The lowest BCUT2D eigenvalue weighted by molar-refractivity contribution is -0.151. The van der Waals surface area contributed by atoms with Crippen molar-refractivity contribution in [2.45, 2.75) is 19.8 Å². The molecule has 1 atom stereocenters. The second kappa shape index (κ2) is 9.02. The maximum absolute atomic E-state index is 12.4. The molecule has 0 bridgehead atoms. The minimum atomic E-state index is -0.619. The number of rotatable bonds is 6. The van der Waals surface area contributed by atoms with Crippen LogP contribution in [0.15, 0.2) is 48.5 Å². The third kappa shape index (κ3) is 4.61. The molecule has 3 rings (SSSR count). The minimum Gasteiger partial charge on any atom is -0.455 e. The SMILES string of the molecule is CCc1ccccc1N1C[C@@H](C(=O)OCC(=O)Nc2ccccc2C#N)CC1=O. The Morgan fingerprint density at radius 2 is 1.93 bits per heavy atom. The number of carbonyl (C=O) groups is 3. The predicted octanol–water partition coefficient (Wildman–Crippen LogP) is 2.66. The van der Waals surface area contributed by atoms with Gasteiger partial charge in [-0.2, -0.15) is 5.26 Å². The number of ether oxygens (including phenoxy) is 1. The van der Waals surface area contributed by atoms with Crippen LogP contribution in [0.5, 0.6) is 0 Å². The Morgan fingerprint density at radius 1 is 1.21 bits per heavy atom. The molecule has 7 nitrogen and oxygen atoms in total. The zero-order valence-corrected chi connectivity index (χ0v) is 16.1. The summed E-state index contributed by atoms with van der Waals surface area (Å²) in [5.74, 6) is -1.89. The third-order valence-electron chi connectivity index (χ3n) is 4.79. The Bertz CT molecular complexity index is 980. The molecular formula is C22H21N3O4. The number of hydrogen-bond acceptors (Lipinski definition) is 5. The van der Waals surface area contributed by atoms with E-state index < -0.39 is 24.4 Å². The van der Waals surface area contributed by atoms with Crippen LogP contribution in [0.3, 0.4) is 0 Å². The van der Waals surface area contributed by atoms with E-state index in [9.17, 15) is 14.4 Å². The van der Waals surface area contributed by atoms with Crippen LogP contribution in [0.4, 0.5) is 11.4 Å². The first-order chi connectivity index (χ1) is 14.0. The van der Waals surface area contributed by atoms with E-state index in [1.165, 1.54) is 0 Å². The molecule has 0 unspecified atom stereocenters. The van der Waals surface area contributed by atoms with Gasteiger partial charge in [0.05, 0.1) is 17.2 Å². The van der Waals surface area contributed by atoms with Crippen molar-refractivity contribution in [2.24, 2.45) is 5.92 Å². The van der Waals surface area contributed by atoms with Crippen LogP contribution in [0.1, 0.15) is 24.5 Å². The van der Waals surface area contributed by atoms with Gasteiger partial charge >= 0.3 is 5.97 Å². The van der Waals surface area contributed by atoms with Crippen LogP contribution in [-0.4, -0.2) is 30.9 Å². The van der Waals surface area contributed by atoms with Crippen molar-refractivity contribution < 1.29 is 19.1 Å². The van der Waals surface area contributed by atoms with Crippen molar-refractivity contribution >= 4 is 29.2 Å². The van der Waals surface area contributed by atoms with Crippen molar-refractivity contribution in [2.75, 3.05) is 23.4 Å². The first-order valence-corrected chi connectivity index (χ1v) is 9.37. The summed E-state index contributed by atoms with van der Waals surface area (Å²) in [7, 11) is 0. The van der Waals surface area contributed by atoms with E-state index >= 15 is 0 Å². The van der Waals surface area contributed by atoms with Crippen LogP contribution in [0, 0.1) is 17.2 Å². The number of amides is 2. The highest BCUT2D eigenvalue weighted by Crippen LogP contribution is 2.29. The summed E-state index contributed by atoms with van der Waals surface area (Å²) in [5, 5.41) is 11.6. The van der Waals surface area contributed by atoms with Gasteiger partial charge in [-0.05, 0) is 30.2 Å². The number of carbonyl (C=O) groups excluding carboxylic acids is 3. The monoisotopic (exact) mass is 391 g/mol. The highest BCUT2D eigenvalue weighted by Gasteiger charge is 2.37. The number of anilines is 2. The molecule has 0 aromatic heterocycles. The van der Waals surface area contributed by atoms with E-state index in [0.29, 0.717) is 11.3 Å². The lowest BCUT2D eigenvalue weighted by Crippen LogP contribution is -2.28. The maximum atomic E-state index is 12.4.